The number of carbonyl (C=O) groups is 1. The van der Waals surface area contributed by atoms with Crippen molar-refractivity contribution in [2.75, 3.05) is 11.9 Å². The minimum absolute atomic E-state index is 0.169. The molecule has 1 N–H and O–H groups in total. The molecule has 0 aliphatic heterocycles. The van der Waals surface area contributed by atoms with Crippen LogP contribution in [-0.4, -0.2) is 17.5 Å². The van der Waals surface area contributed by atoms with Gasteiger partial charge in [0.2, 0.25) is 5.91 Å². The van der Waals surface area contributed by atoms with E-state index in [1.807, 2.05) is 30.3 Å². The number of ether oxygens (including phenoxy) is 1. The predicted molar refractivity (Wildman–Crippen MR) is 101 cm³/mol. The van der Waals surface area contributed by atoms with Crippen LogP contribution in [-0.2, 0) is 11.2 Å². The van der Waals surface area contributed by atoms with Crippen LogP contribution in [0.25, 0.3) is 11.3 Å². The van der Waals surface area contributed by atoms with Gasteiger partial charge < -0.3 is 14.5 Å². The van der Waals surface area contributed by atoms with Gasteiger partial charge in [0.05, 0.1) is 18.5 Å². The Hall–Kier alpha value is -3.15. The Balaban J connectivity index is 1.51. The predicted octanol–water partition coefficient (Wildman–Crippen LogP) is 4.84. The van der Waals surface area contributed by atoms with E-state index in [9.17, 15) is 9.18 Å². The maximum Gasteiger partial charge on any atom is 0.224 e. The quantitative estimate of drug-likeness (QED) is 0.618. The molecule has 0 aliphatic rings. The van der Waals surface area contributed by atoms with Crippen LogP contribution in [0.1, 0.15) is 25.7 Å². The molecule has 140 valence electrons. The topological polar surface area (TPSA) is 64.4 Å². The van der Waals surface area contributed by atoms with E-state index in [4.69, 9.17) is 9.15 Å². The van der Waals surface area contributed by atoms with Gasteiger partial charge in [-0.3, -0.25) is 4.79 Å². The van der Waals surface area contributed by atoms with E-state index in [2.05, 4.69) is 10.3 Å². The molecular weight excluding hydrogens is 347 g/mol. The minimum atomic E-state index is -0.408. The van der Waals surface area contributed by atoms with Crippen LogP contribution in [0.5, 0.6) is 5.75 Å². The number of hydrogen-bond acceptors (Lipinski definition) is 4. The summed E-state index contributed by atoms with van der Waals surface area (Å²) >= 11 is 0. The lowest BCUT2D eigenvalue weighted by molar-refractivity contribution is -0.116. The number of aryl methyl sites for hydroxylation is 1. The number of rotatable bonds is 8. The molecule has 1 amide bonds. The number of hydrogen-bond donors (Lipinski definition) is 1. The van der Waals surface area contributed by atoms with E-state index >= 15 is 0 Å². The van der Waals surface area contributed by atoms with Crippen molar-refractivity contribution >= 4 is 11.6 Å². The van der Waals surface area contributed by atoms with Crippen LogP contribution in [0.15, 0.2) is 59.1 Å². The first-order chi connectivity index (χ1) is 13.2. The van der Waals surface area contributed by atoms with E-state index in [-0.39, 0.29) is 5.91 Å². The number of amides is 1. The molecule has 0 saturated heterocycles. The van der Waals surface area contributed by atoms with Crippen LogP contribution in [0.3, 0.4) is 0 Å². The molecule has 3 rings (SSSR count). The standard InChI is InChI=1S/C21H21FN2O3/c1-2-26-18-13-16(22)11-12-17(18)24-20(25)9-6-10-21-23-14-19(27-21)15-7-4-3-5-8-15/h3-5,7-8,11-14H,2,6,9-10H2,1H3,(H,24,25). The summed E-state index contributed by atoms with van der Waals surface area (Å²) in [6.07, 6.45) is 3.14. The lowest BCUT2D eigenvalue weighted by Gasteiger charge is -2.11. The average molecular weight is 368 g/mol. The second kappa shape index (κ2) is 8.98. The lowest BCUT2D eigenvalue weighted by Crippen LogP contribution is -2.12. The van der Waals surface area contributed by atoms with Crippen molar-refractivity contribution < 1.29 is 18.3 Å². The van der Waals surface area contributed by atoms with Gasteiger partial charge in [-0.1, -0.05) is 30.3 Å². The summed E-state index contributed by atoms with van der Waals surface area (Å²) in [7, 11) is 0. The highest BCUT2D eigenvalue weighted by Crippen LogP contribution is 2.26. The van der Waals surface area contributed by atoms with E-state index in [1.165, 1.54) is 18.2 Å². The highest BCUT2D eigenvalue weighted by Gasteiger charge is 2.11. The molecule has 0 spiro atoms. The van der Waals surface area contributed by atoms with Crippen molar-refractivity contribution in [3.8, 4) is 17.1 Å². The molecule has 6 heteroatoms. The Kier molecular flexibility index (Phi) is 6.20. The SMILES string of the molecule is CCOc1cc(F)ccc1NC(=O)CCCc1ncc(-c2ccccc2)o1. The third kappa shape index (κ3) is 5.17. The number of aromatic nitrogens is 1. The van der Waals surface area contributed by atoms with Crippen LogP contribution < -0.4 is 10.1 Å². The van der Waals surface area contributed by atoms with E-state index in [0.29, 0.717) is 49.0 Å². The second-order valence-corrected chi connectivity index (χ2v) is 5.96. The van der Waals surface area contributed by atoms with Crippen molar-refractivity contribution in [1.29, 1.82) is 0 Å². The largest absolute Gasteiger partial charge is 0.492 e. The first-order valence-corrected chi connectivity index (χ1v) is 8.88. The highest BCUT2D eigenvalue weighted by molar-refractivity contribution is 5.92. The number of nitrogens with one attached hydrogen (secondary N) is 1. The zero-order valence-corrected chi connectivity index (χ0v) is 15.1. The lowest BCUT2D eigenvalue weighted by atomic mass is 10.2. The molecule has 0 unspecified atom stereocenters. The van der Waals surface area contributed by atoms with Gasteiger partial charge in [-0.25, -0.2) is 9.37 Å². The zero-order valence-electron chi connectivity index (χ0n) is 15.1. The molecule has 0 fully saturated rings. The van der Waals surface area contributed by atoms with Gasteiger partial charge in [0, 0.05) is 24.5 Å². The molecule has 3 aromatic rings. The number of oxazole rings is 1. The summed E-state index contributed by atoms with van der Waals surface area (Å²) < 4.78 is 24.4. The zero-order chi connectivity index (χ0) is 19.1. The van der Waals surface area contributed by atoms with Crippen molar-refractivity contribution in [3.63, 3.8) is 0 Å². The second-order valence-electron chi connectivity index (χ2n) is 5.96. The van der Waals surface area contributed by atoms with Crippen LogP contribution >= 0.6 is 0 Å². The molecule has 0 aliphatic carbocycles. The van der Waals surface area contributed by atoms with Crippen molar-refractivity contribution in [1.82, 2.24) is 4.98 Å². The summed E-state index contributed by atoms with van der Waals surface area (Å²) in [5, 5.41) is 2.76. The van der Waals surface area contributed by atoms with Gasteiger partial charge in [-0.05, 0) is 25.5 Å². The fourth-order valence-electron chi connectivity index (χ4n) is 2.65. The van der Waals surface area contributed by atoms with Crippen LogP contribution in [0.2, 0.25) is 0 Å². The Labute approximate surface area is 157 Å². The van der Waals surface area contributed by atoms with Gasteiger partial charge in [0.25, 0.3) is 0 Å². The number of halogens is 1. The van der Waals surface area contributed by atoms with Gasteiger partial charge >= 0.3 is 0 Å². The maximum absolute atomic E-state index is 13.3. The third-order valence-corrected chi connectivity index (χ3v) is 3.92. The van der Waals surface area contributed by atoms with Crippen LogP contribution in [0.4, 0.5) is 10.1 Å². The smallest absolute Gasteiger partial charge is 0.224 e. The maximum atomic E-state index is 13.3. The fourth-order valence-corrected chi connectivity index (χ4v) is 2.65. The Morgan fingerprint density at radius 2 is 2.04 bits per heavy atom. The highest BCUT2D eigenvalue weighted by atomic mass is 19.1. The molecule has 5 nitrogen and oxygen atoms in total. The number of anilines is 1. The normalized spacial score (nSPS) is 10.6. The van der Waals surface area contributed by atoms with E-state index in [1.54, 1.807) is 13.1 Å². The van der Waals surface area contributed by atoms with E-state index in [0.717, 1.165) is 5.56 Å². The van der Waals surface area contributed by atoms with Crippen LogP contribution in [0, 0.1) is 5.82 Å². The Morgan fingerprint density at radius 1 is 1.22 bits per heavy atom. The van der Waals surface area contributed by atoms with Gasteiger partial charge in [-0.15, -0.1) is 0 Å². The number of benzene rings is 2. The molecule has 0 atom stereocenters. The number of carbonyl (C=O) groups excluding carboxylic acids is 1. The van der Waals surface area contributed by atoms with E-state index < -0.39 is 5.82 Å². The molecule has 0 saturated carbocycles. The molecule has 0 radical (unpaired) electrons. The van der Waals surface area contributed by atoms with Crippen molar-refractivity contribution in [2.24, 2.45) is 0 Å². The molecule has 2 aromatic carbocycles. The summed E-state index contributed by atoms with van der Waals surface area (Å²) in [6, 6.07) is 13.8. The van der Waals surface area contributed by atoms with Crippen molar-refractivity contribution in [2.45, 2.75) is 26.2 Å². The monoisotopic (exact) mass is 368 g/mol. The Bertz CT molecular complexity index is 893. The van der Waals surface area contributed by atoms with Gasteiger partial charge in [0.1, 0.15) is 11.6 Å². The summed E-state index contributed by atoms with van der Waals surface area (Å²) in [4.78, 5) is 16.4. The Morgan fingerprint density at radius 3 is 2.81 bits per heavy atom. The number of nitrogens with zero attached hydrogens (tertiary/aromatic N) is 1. The summed E-state index contributed by atoms with van der Waals surface area (Å²) in [5.41, 5.74) is 1.43. The fraction of sp³-hybridized carbons (Fsp3) is 0.238. The minimum Gasteiger partial charge on any atom is -0.492 e. The first-order valence-electron chi connectivity index (χ1n) is 8.88. The van der Waals surface area contributed by atoms with Crippen molar-refractivity contribution in [3.05, 3.63) is 66.4 Å². The molecule has 1 aromatic heterocycles. The molecule has 1 heterocycles. The average Bonchev–Trinajstić information content (AvgIpc) is 3.14. The van der Waals surface area contributed by atoms with Gasteiger partial charge in [-0.2, -0.15) is 0 Å². The summed E-state index contributed by atoms with van der Waals surface area (Å²) in [6.45, 7) is 2.19. The molecular formula is C21H21FN2O3. The summed E-state index contributed by atoms with van der Waals surface area (Å²) in [5.74, 6) is 1.05. The molecule has 27 heavy (non-hydrogen) atoms. The first kappa shape index (κ1) is 18.6. The third-order valence-electron chi connectivity index (χ3n) is 3.92. The molecule has 0 bridgehead atoms. The van der Waals surface area contributed by atoms with Gasteiger partial charge in [0.15, 0.2) is 11.7 Å².